The first-order valence-electron chi connectivity index (χ1n) is 6.08. The highest BCUT2D eigenvalue weighted by atomic mass is 16.1. The average Bonchev–Trinajstić information content (AvgIpc) is 2.78. The minimum Gasteiger partial charge on any atom is -0.330 e. The molecule has 1 aromatic carbocycles. The van der Waals surface area contributed by atoms with Crippen LogP contribution >= 0.6 is 0 Å². The minimum atomic E-state index is 0.213. The summed E-state index contributed by atoms with van der Waals surface area (Å²) in [5.74, 6) is 1.01. The molecule has 2 nitrogen and oxygen atoms in total. The van der Waals surface area contributed by atoms with Crippen LogP contribution in [0.5, 0.6) is 0 Å². The van der Waals surface area contributed by atoms with Crippen LogP contribution in [-0.4, -0.2) is 12.3 Å². The number of benzene rings is 1. The molecule has 0 bridgehead atoms. The third-order valence-electron chi connectivity index (χ3n) is 3.60. The van der Waals surface area contributed by atoms with Crippen molar-refractivity contribution in [3.63, 3.8) is 0 Å². The van der Waals surface area contributed by atoms with E-state index in [0.717, 1.165) is 24.8 Å². The lowest BCUT2D eigenvalue weighted by Gasteiger charge is -2.16. The lowest BCUT2D eigenvalue weighted by atomic mass is 9.89. The van der Waals surface area contributed by atoms with Gasteiger partial charge in [-0.05, 0) is 30.9 Å². The Morgan fingerprint density at radius 2 is 2.00 bits per heavy atom. The van der Waals surface area contributed by atoms with Gasteiger partial charge in [0.25, 0.3) is 0 Å². The summed E-state index contributed by atoms with van der Waals surface area (Å²) in [5, 5.41) is 0. The zero-order chi connectivity index (χ0) is 11.4. The van der Waals surface area contributed by atoms with E-state index >= 15 is 0 Å². The van der Waals surface area contributed by atoms with Crippen LogP contribution in [0.2, 0.25) is 0 Å². The van der Waals surface area contributed by atoms with Gasteiger partial charge in [0, 0.05) is 12.3 Å². The Kier molecular flexibility index (Phi) is 3.73. The molecular formula is C14H19NO. The van der Waals surface area contributed by atoms with E-state index in [1.54, 1.807) is 0 Å². The molecule has 2 heteroatoms. The zero-order valence-electron chi connectivity index (χ0n) is 9.56. The Bertz CT molecular complexity index is 347. The standard InChI is InChI=1S/C14H19NO/c15-10-12-7-4-8-13(12)14(16)9-11-5-2-1-3-6-11/h1-3,5-6,12-13H,4,7-10,15H2. The van der Waals surface area contributed by atoms with Gasteiger partial charge in [-0.3, -0.25) is 4.79 Å². The summed E-state index contributed by atoms with van der Waals surface area (Å²) < 4.78 is 0. The molecule has 86 valence electrons. The second kappa shape index (κ2) is 5.26. The number of Topliss-reactive ketones (excluding diaryl/α,β-unsaturated/α-hetero) is 1. The summed E-state index contributed by atoms with van der Waals surface area (Å²) >= 11 is 0. The van der Waals surface area contributed by atoms with Crippen LogP contribution in [0.3, 0.4) is 0 Å². The summed E-state index contributed by atoms with van der Waals surface area (Å²) in [6, 6.07) is 9.98. The van der Waals surface area contributed by atoms with E-state index in [1.165, 1.54) is 0 Å². The van der Waals surface area contributed by atoms with Crippen LogP contribution in [0.25, 0.3) is 0 Å². The Morgan fingerprint density at radius 1 is 1.25 bits per heavy atom. The van der Waals surface area contributed by atoms with Gasteiger partial charge in [0.1, 0.15) is 5.78 Å². The van der Waals surface area contributed by atoms with E-state index in [1.807, 2.05) is 30.3 Å². The summed E-state index contributed by atoms with van der Waals surface area (Å²) in [4.78, 5) is 12.1. The summed E-state index contributed by atoms with van der Waals surface area (Å²) in [5.41, 5.74) is 6.82. The molecule has 1 fully saturated rings. The van der Waals surface area contributed by atoms with Crippen molar-refractivity contribution in [2.45, 2.75) is 25.7 Å². The van der Waals surface area contributed by atoms with E-state index in [4.69, 9.17) is 5.73 Å². The van der Waals surface area contributed by atoms with Crippen molar-refractivity contribution in [1.82, 2.24) is 0 Å². The zero-order valence-corrected chi connectivity index (χ0v) is 9.56. The van der Waals surface area contributed by atoms with Crippen LogP contribution in [0, 0.1) is 11.8 Å². The highest BCUT2D eigenvalue weighted by Crippen LogP contribution is 2.32. The van der Waals surface area contributed by atoms with Gasteiger partial charge in [0.15, 0.2) is 0 Å². The fourth-order valence-corrected chi connectivity index (χ4v) is 2.67. The molecule has 2 unspecified atom stereocenters. The number of hydrogen-bond acceptors (Lipinski definition) is 2. The molecule has 0 aliphatic heterocycles. The second-order valence-corrected chi connectivity index (χ2v) is 4.66. The van der Waals surface area contributed by atoms with Gasteiger partial charge in [-0.25, -0.2) is 0 Å². The van der Waals surface area contributed by atoms with E-state index < -0.39 is 0 Å². The van der Waals surface area contributed by atoms with Crippen LogP contribution in [0.1, 0.15) is 24.8 Å². The molecule has 0 radical (unpaired) electrons. The molecule has 2 rings (SSSR count). The number of ketones is 1. The molecule has 0 spiro atoms. The fraction of sp³-hybridized carbons (Fsp3) is 0.500. The van der Waals surface area contributed by atoms with Gasteiger partial charge in [-0.15, -0.1) is 0 Å². The lowest BCUT2D eigenvalue weighted by molar-refractivity contribution is -0.123. The van der Waals surface area contributed by atoms with Crippen molar-refractivity contribution >= 4 is 5.78 Å². The molecular weight excluding hydrogens is 198 g/mol. The number of rotatable bonds is 4. The van der Waals surface area contributed by atoms with Crippen LogP contribution in [0.4, 0.5) is 0 Å². The molecule has 0 amide bonds. The Hall–Kier alpha value is -1.15. The smallest absolute Gasteiger partial charge is 0.140 e. The number of hydrogen-bond donors (Lipinski definition) is 1. The van der Waals surface area contributed by atoms with Crippen molar-refractivity contribution in [3.8, 4) is 0 Å². The van der Waals surface area contributed by atoms with Gasteiger partial charge >= 0.3 is 0 Å². The van der Waals surface area contributed by atoms with Crippen LogP contribution in [-0.2, 0) is 11.2 Å². The maximum Gasteiger partial charge on any atom is 0.140 e. The lowest BCUT2D eigenvalue weighted by Crippen LogP contribution is -2.26. The van der Waals surface area contributed by atoms with Gasteiger partial charge in [0.05, 0.1) is 0 Å². The number of nitrogens with two attached hydrogens (primary N) is 1. The third kappa shape index (κ3) is 2.50. The fourth-order valence-electron chi connectivity index (χ4n) is 2.67. The molecule has 2 N–H and O–H groups in total. The highest BCUT2D eigenvalue weighted by molar-refractivity contribution is 5.83. The van der Waals surface area contributed by atoms with Gasteiger partial charge in [-0.1, -0.05) is 36.8 Å². The Labute approximate surface area is 96.8 Å². The summed E-state index contributed by atoms with van der Waals surface area (Å²) in [7, 11) is 0. The third-order valence-corrected chi connectivity index (χ3v) is 3.60. The molecule has 1 aliphatic rings. The van der Waals surface area contributed by atoms with E-state index in [0.29, 0.717) is 24.7 Å². The second-order valence-electron chi connectivity index (χ2n) is 4.66. The van der Waals surface area contributed by atoms with Crippen molar-refractivity contribution in [2.24, 2.45) is 17.6 Å². The van der Waals surface area contributed by atoms with Gasteiger partial charge in [0.2, 0.25) is 0 Å². The van der Waals surface area contributed by atoms with E-state index in [-0.39, 0.29) is 5.92 Å². The SMILES string of the molecule is NCC1CCCC1C(=O)Cc1ccccc1. The molecule has 0 saturated heterocycles. The first-order chi connectivity index (χ1) is 7.81. The van der Waals surface area contributed by atoms with Crippen LogP contribution < -0.4 is 5.73 Å². The molecule has 1 saturated carbocycles. The maximum atomic E-state index is 12.1. The molecule has 0 aromatic heterocycles. The summed E-state index contributed by atoms with van der Waals surface area (Å²) in [6.45, 7) is 0.658. The monoisotopic (exact) mass is 217 g/mol. The topological polar surface area (TPSA) is 43.1 Å². The first-order valence-corrected chi connectivity index (χ1v) is 6.08. The molecule has 16 heavy (non-hydrogen) atoms. The van der Waals surface area contributed by atoms with Gasteiger partial charge < -0.3 is 5.73 Å². The van der Waals surface area contributed by atoms with E-state index in [9.17, 15) is 4.79 Å². The van der Waals surface area contributed by atoms with Crippen LogP contribution in [0.15, 0.2) is 30.3 Å². The Morgan fingerprint density at radius 3 is 2.69 bits per heavy atom. The maximum absolute atomic E-state index is 12.1. The average molecular weight is 217 g/mol. The first kappa shape index (κ1) is 11.3. The van der Waals surface area contributed by atoms with E-state index in [2.05, 4.69) is 0 Å². The van der Waals surface area contributed by atoms with Gasteiger partial charge in [-0.2, -0.15) is 0 Å². The van der Waals surface area contributed by atoms with Crippen molar-refractivity contribution in [3.05, 3.63) is 35.9 Å². The highest BCUT2D eigenvalue weighted by Gasteiger charge is 2.31. The summed E-state index contributed by atoms with van der Waals surface area (Å²) in [6.07, 6.45) is 3.89. The normalized spacial score (nSPS) is 24.6. The molecule has 0 heterocycles. The quantitative estimate of drug-likeness (QED) is 0.840. The number of carbonyl (C=O) groups excluding carboxylic acids is 1. The minimum absolute atomic E-state index is 0.213. The van der Waals surface area contributed by atoms with Crippen molar-refractivity contribution in [1.29, 1.82) is 0 Å². The largest absolute Gasteiger partial charge is 0.330 e. The van der Waals surface area contributed by atoms with Crippen molar-refractivity contribution < 1.29 is 4.79 Å². The predicted octanol–water partition coefficient (Wildman–Crippen LogP) is 2.17. The van der Waals surface area contributed by atoms with Crippen molar-refractivity contribution in [2.75, 3.05) is 6.54 Å². The molecule has 1 aromatic rings. The Balaban J connectivity index is 1.98. The number of carbonyl (C=O) groups is 1. The molecule has 1 aliphatic carbocycles. The molecule has 2 atom stereocenters. The predicted molar refractivity (Wildman–Crippen MR) is 65.0 cm³/mol.